The first-order valence-corrected chi connectivity index (χ1v) is 9.32. The number of piperidine rings is 1. The minimum atomic E-state index is -0.959. The SMILES string of the molecule is CC(C)(O)C#Cc1ccc(CN2CCC(c3cc(=O)[nH]cn3)CC2)s1. The Hall–Kier alpha value is -1.94. The van der Waals surface area contributed by atoms with Crippen molar-refractivity contribution in [2.45, 2.75) is 44.8 Å². The number of nitrogens with zero attached hydrogens (tertiary/aromatic N) is 2. The fourth-order valence-electron chi connectivity index (χ4n) is 2.96. The third kappa shape index (κ3) is 5.27. The van der Waals surface area contributed by atoms with E-state index >= 15 is 0 Å². The summed E-state index contributed by atoms with van der Waals surface area (Å²) >= 11 is 1.68. The van der Waals surface area contributed by atoms with Crippen molar-refractivity contribution in [3.63, 3.8) is 0 Å². The first-order valence-electron chi connectivity index (χ1n) is 8.50. The molecule has 1 fully saturated rings. The zero-order valence-electron chi connectivity index (χ0n) is 14.6. The Morgan fingerprint density at radius 3 is 2.84 bits per heavy atom. The molecule has 0 radical (unpaired) electrons. The van der Waals surface area contributed by atoms with Gasteiger partial charge in [0.2, 0.25) is 0 Å². The summed E-state index contributed by atoms with van der Waals surface area (Å²) in [5.41, 5.74) is -0.131. The van der Waals surface area contributed by atoms with Crippen LogP contribution < -0.4 is 5.56 Å². The molecule has 1 saturated heterocycles. The van der Waals surface area contributed by atoms with Gasteiger partial charge in [-0.3, -0.25) is 9.69 Å². The number of likely N-dealkylation sites (tertiary alicyclic amines) is 1. The molecule has 132 valence electrons. The molecule has 0 bridgehead atoms. The second-order valence-electron chi connectivity index (χ2n) is 6.96. The molecule has 0 unspecified atom stereocenters. The first kappa shape index (κ1) is 17.9. The molecule has 25 heavy (non-hydrogen) atoms. The van der Waals surface area contributed by atoms with Gasteiger partial charge in [0.15, 0.2) is 0 Å². The van der Waals surface area contributed by atoms with Crippen LogP contribution in [0.4, 0.5) is 0 Å². The number of aromatic amines is 1. The molecular weight excluding hydrogens is 334 g/mol. The molecule has 2 aromatic rings. The molecule has 5 nitrogen and oxygen atoms in total. The van der Waals surface area contributed by atoms with Crippen LogP contribution in [0.1, 0.15) is 48.1 Å². The van der Waals surface area contributed by atoms with E-state index in [1.165, 1.54) is 11.2 Å². The third-order valence-electron chi connectivity index (χ3n) is 4.24. The van der Waals surface area contributed by atoms with Crippen LogP contribution in [0, 0.1) is 11.8 Å². The Kier molecular flexibility index (Phi) is 5.38. The largest absolute Gasteiger partial charge is 0.378 e. The molecule has 0 aromatic carbocycles. The van der Waals surface area contributed by atoms with E-state index in [1.54, 1.807) is 31.3 Å². The molecule has 1 aliphatic heterocycles. The highest BCUT2D eigenvalue weighted by Gasteiger charge is 2.22. The Morgan fingerprint density at radius 2 is 2.16 bits per heavy atom. The number of H-pyrrole nitrogens is 1. The number of aliphatic hydroxyl groups is 1. The van der Waals surface area contributed by atoms with Crippen LogP contribution in [0.2, 0.25) is 0 Å². The minimum absolute atomic E-state index is 0.0780. The molecule has 0 saturated carbocycles. The maximum atomic E-state index is 11.4. The highest BCUT2D eigenvalue weighted by Crippen LogP contribution is 2.27. The van der Waals surface area contributed by atoms with E-state index in [1.807, 2.05) is 6.07 Å². The van der Waals surface area contributed by atoms with Crippen LogP contribution in [0.15, 0.2) is 29.3 Å². The monoisotopic (exact) mass is 357 g/mol. The molecule has 0 atom stereocenters. The van der Waals surface area contributed by atoms with Crippen molar-refractivity contribution < 1.29 is 5.11 Å². The van der Waals surface area contributed by atoms with Crippen molar-refractivity contribution in [3.05, 3.63) is 50.3 Å². The van der Waals surface area contributed by atoms with E-state index in [0.717, 1.165) is 43.0 Å². The van der Waals surface area contributed by atoms with Gasteiger partial charge in [0.1, 0.15) is 5.60 Å². The van der Waals surface area contributed by atoms with E-state index in [-0.39, 0.29) is 5.56 Å². The molecule has 0 aliphatic carbocycles. The van der Waals surface area contributed by atoms with Crippen LogP contribution in [0.25, 0.3) is 0 Å². The van der Waals surface area contributed by atoms with Crippen molar-refractivity contribution in [2.75, 3.05) is 13.1 Å². The number of nitrogens with one attached hydrogen (secondary N) is 1. The highest BCUT2D eigenvalue weighted by atomic mass is 32.1. The lowest BCUT2D eigenvalue weighted by atomic mass is 9.93. The average Bonchev–Trinajstić information content (AvgIpc) is 3.01. The summed E-state index contributed by atoms with van der Waals surface area (Å²) in [6.07, 6.45) is 3.53. The molecule has 0 amide bonds. The Bertz CT molecular complexity index is 830. The molecule has 6 heteroatoms. The molecule has 1 aliphatic rings. The van der Waals surface area contributed by atoms with E-state index in [4.69, 9.17) is 0 Å². The Labute approximate surface area is 151 Å². The molecule has 3 rings (SSSR count). The molecule has 2 N–H and O–H groups in total. The molecule has 0 spiro atoms. The lowest BCUT2D eigenvalue weighted by Gasteiger charge is -2.31. The zero-order chi connectivity index (χ0) is 17.9. The van der Waals surface area contributed by atoms with E-state index < -0.39 is 5.60 Å². The predicted molar refractivity (Wildman–Crippen MR) is 99.6 cm³/mol. The lowest BCUT2D eigenvalue weighted by Crippen LogP contribution is -2.32. The summed E-state index contributed by atoms with van der Waals surface area (Å²) in [6.45, 7) is 6.30. The topological polar surface area (TPSA) is 69.2 Å². The third-order valence-corrected chi connectivity index (χ3v) is 5.22. The summed E-state index contributed by atoms with van der Waals surface area (Å²) in [7, 11) is 0. The average molecular weight is 357 g/mol. The van der Waals surface area contributed by atoms with Gasteiger partial charge in [-0.05, 0) is 51.9 Å². The van der Waals surface area contributed by atoms with Crippen molar-refractivity contribution in [2.24, 2.45) is 0 Å². The number of hydrogen-bond acceptors (Lipinski definition) is 5. The van der Waals surface area contributed by atoms with Crippen molar-refractivity contribution in [1.29, 1.82) is 0 Å². The zero-order valence-corrected chi connectivity index (χ0v) is 15.4. The summed E-state index contributed by atoms with van der Waals surface area (Å²) in [4.78, 5) is 23.0. The number of thiophene rings is 1. The van der Waals surface area contributed by atoms with Gasteiger partial charge in [-0.25, -0.2) is 4.98 Å². The van der Waals surface area contributed by atoms with Crippen molar-refractivity contribution in [1.82, 2.24) is 14.9 Å². The number of hydrogen-bond donors (Lipinski definition) is 2. The van der Waals surface area contributed by atoms with Gasteiger partial charge < -0.3 is 10.1 Å². The maximum absolute atomic E-state index is 11.4. The van der Waals surface area contributed by atoms with Gasteiger partial charge in [-0.2, -0.15) is 0 Å². The lowest BCUT2D eigenvalue weighted by molar-refractivity contribution is 0.143. The van der Waals surface area contributed by atoms with E-state index in [2.05, 4.69) is 32.8 Å². The number of aromatic nitrogens is 2. The summed E-state index contributed by atoms with van der Waals surface area (Å²) in [5, 5.41) is 9.68. The van der Waals surface area contributed by atoms with Crippen LogP contribution in [0.5, 0.6) is 0 Å². The van der Waals surface area contributed by atoms with E-state index in [9.17, 15) is 9.90 Å². The highest BCUT2D eigenvalue weighted by molar-refractivity contribution is 7.12. The van der Waals surface area contributed by atoms with Crippen LogP contribution >= 0.6 is 11.3 Å². The minimum Gasteiger partial charge on any atom is -0.378 e. The number of rotatable bonds is 3. The Balaban J connectivity index is 1.55. The van der Waals surface area contributed by atoms with Crippen molar-refractivity contribution in [3.8, 4) is 11.8 Å². The predicted octanol–water partition coefficient (Wildman–Crippen LogP) is 2.33. The van der Waals surface area contributed by atoms with Gasteiger partial charge >= 0.3 is 0 Å². The quantitative estimate of drug-likeness (QED) is 0.828. The standard InChI is InChI=1S/C19H23N3O2S/c1-19(2,24)8-5-15-3-4-16(25-15)12-22-9-6-14(7-10-22)17-11-18(23)21-13-20-17/h3-4,11,13-14,24H,6-7,9-10,12H2,1-2H3,(H,20,21,23). The summed E-state index contributed by atoms with van der Waals surface area (Å²) in [5.74, 6) is 6.26. The van der Waals surface area contributed by atoms with Gasteiger partial charge in [0, 0.05) is 23.4 Å². The van der Waals surface area contributed by atoms with Crippen LogP contribution in [0.3, 0.4) is 0 Å². The smallest absolute Gasteiger partial charge is 0.250 e. The Morgan fingerprint density at radius 1 is 1.40 bits per heavy atom. The fraction of sp³-hybridized carbons (Fsp3) is 0.474. The summed E-state index contributed by atoms with van der Waals surface area (Å²) < 4.78 is 0. The summed E-state index contributed by atoms with van der Waals surface area (Å²) in [6, 6.07) is 5.75. The second kappa shape index (κ2) is 7.52. The second-order valence-corrected chi connectivity index (χ2v) is 8.13. The van der Waals surface area contributed by atoms with Gasteiger partial charge in [0.05, 0.1) is 16.9 Å². The first-order chi connectivity index (χ1) is 11.9. The van der Waals surface area contributed by atoms with Crippen LogP contribution in [-0.4, -0.2) is 38.7 Å². The molecule has 3 heterocycles. The van der Waals surface area contributed by atoms with Gasteiger partial charge in [-0.1, -0.05) is 11.8 Å². The maximum Gasteiger partial charge on any atom is 0.250 e. The fourth-order valence-corrected chi connectivity index (χ4v) is 3.86. The molecular formula is C19H23N3O2S. The van der Waals surface area contributed by atoms with E-state index in [0.29, 0.717) is 5.92 Å². The molecule has 2 aromatic heterocycles. The normalized spacial score (nSPS) is 16.4. The van der Waals surface area contributed by atoms with Crippen LogP contribution in [-0.2, 0) is 6.54 Å². The van der Waals surface area contributed by atoms with Crippen molar-refractivity contribution >= 4 is 11.3 Å². The van der Waals surface area contributed by atoms with Gasteiger partial charge in [-0.15, -0.1) is 11.3 Å². The van der Waals surface area contributed by atoms with Gasteiger partial charge in [0.25, 0.3) is 5.56 Å².